The van der Waals surface area contributed by atoms with Crippen LogP contribution in [0.2, 0.25) is 0 Å². The van der Waals surface area contributed by atoms with Gasteiger partial charge in [-0.05, 0) is 80.5 Å². The summed E-state index contributed by atoms with van der Waals surface area (Å²) >= 11 is 0. The van der Waals surface area contributed by atoms with Gasteiger partial charge < -0.3 is 14.6 Å². The van der Waals surface area contributed by atoms with Crippen molar-refractivity contribution in [2.24, 2.45) is 39.9 Å². The third-order valence-corrected chi connectivity index (χ3v) is 10.1. The topological polar surface area (TPSA) is 38.7 Å². The van der Waals surface area contributed by atoms with Crippen LogP contribution >= 0.6 is 0 Å². The van der Waals surface area contributed by atoms with Crippen LogP contribution in [-0.2, 0) is 9.47 Å². The van der Waals surface area contributed by atoms with E-state index in [2.05, 4.69) is 27.7 Å². The first-order valence-electron chi connectivity index (χ1n) is 11.7. The molecular formula is C24H40O3. The molecule has 0 bridgehead atoms. The van der Waals surface area contributed by atoms with Gasteiger partial charge in [-0.3, -0.25) is 0 Å². The molecule has 3 nitrogen and oxygen atoms in total. The maximum atomic E-state index is 10.2. The van der Waals surface area contributed by atoms with Crippen LogP contribution < -0.4 is 0 Å². The Bertz CT molecular complexity index is 590. The molecular weight excluding hydrogens is 336 g/mol. The Hall–Kier alpha value is -0.120. The van der Waals surface area contributed by atoms with Crippen LogP contribution in [0.5, 0.6) is 0 Å². The lowest BCUT2D eigenvalue weighted by atomic mass is 9.45. The van der Waals surface area contributed by atoms with Crippen molar-refractivity contribution in [3.8, 4) is 0 Å². The van der Waals surface area contributed by atoms with Crippen LogP contribution in [0.3, 0.4) is 0 Å². The van der Waals surface area contributed by atoms with Crippen molar-refractivity contribution in [2.75, 3.05) is 13.2 Å². The Morgan fingerprint density at radius 3 is 2.22 bits per heavy atom. The van der Waals surface area contributed by atoms with Crippen LogP contribution in [0.25, 0.3) is 0 Å². The summed E-state index contributed by atoms with van der Waals surface area (Å²) < 4.78 is 13.2. The number of hydrogen-bond acceptors (Lipinski definition) is 3. The fourth-order valence-electron chi connectivity index (χ4n) is 8.37. The van der Waals surface area contributed by atoms with Crippen LogP contribution in [0.4, 0.5) is 0 Å². The van der Waals surface area contributed by atoms with E-state index < -0.39 is 0 Å². The molecule has 1 aliphatic heterocycles. The summed E-state index contributed by atoms with van der Waals surface area (Å²) in [4.78, 5) is 0. The summed E-state index contributed by atoms with van der Waals surface area (Å²) in [5, 5.41) is 10.2. The Labute approximate surface area is 165 Å². The van der Waals surface area contributed by atoms with E-state index in [-0.39, 0.29) is 22.7 Å². The Morgan fingerprint density at radius 1 is 0.778 bits per heavy atom. The molecule has 27 heavy (non-hydrogen) atoms. The summed E-state index contributed by atoms with van der Waals surface area (Å²) in [6.45, 7) is 11.3. The molecule has 0 unspecified atom stereocenters. The van der Waals surface area contributed by atoms with Gasteiger partial charge in [0.2, 0.25) is 0 Å². The van der Waals surface area contributed by atoms with Crippen LogP contribution in [0.15, 0.2) is 0 Å². The lowest BCUT2D eigenvalue weighted by molar-refractivity contribution is -0.348. The summed E-state index contributed by atoms with van der Waals surface area (Å²) in [5.41, 5.74) is 0.781. The first-order chi connectivity index (χ1) is 12.7. The largest absolute Gasteiger partial charge is 0.393 e. The minimum Gasteiger partial charge on any atom is -0.393 e. The molecule has 7 atom stereocenters. The molecule has 1 spiro atoms. The fourth-order valence-corrected chi connectivity index (χ4v) is 8.37. The molecule has 5 fully saturated rings. The first-order valence-corrected chi connectivity index (χ1v) is 11.7. The maximum Gasteiger partial charge on any atom is 0.173 e. The molecule has 0 radical (unpaired) electrons. The second-order valence-corrected chi connectivity index (χ2v) is 12.1. The van der Waals surface area contributed by atoms with Gasteiger partial charge in [-0.25, -0.2) is 0 Å². The average Bonchev–Trinajstić information content (AvgIpc) is 2.91. The summed E-state index contributed by atoms with van der Waals surface area (Å²) in [6.07, 6.45) is 10.9. The Morgan fingerprint density at radius 2 is 1.48 bits per heavy atom. The molecule has 1 heterocycles. The van der Waals surface area contributed by atoms with Crippen molar-refractivity contribution in [1.29, 1.82) is 0 Å². The van der Waals surface area contributed by atoms with Crippen molar-refractivity contribution in [1.82, 2.24) is 0 Å². The smallest absolute Gasteiger partial charge is 0.173 e. The zero-order chi connectivity index (χ0) is 19.1. The molecule has 4 aliphatic carbocycles. The molecule has 3 heteroatoms. The molecule has 0 aromatic heterocycles. The second kappa shape index (κ2) is 5.95. The molecule has 154 valence electrons. The molecule has 0 amide bonds. The van der Waals surface area contributed by atoms with Crippen LogP contribution in [0.1, 0.15) is 85.5 Å². The van der Waals surface area contributed by atoms with E-state index >= 15 is 0 Å². The number of aliphatic hydroxyl groups is 1. The predicted molar refractivity (Wildman–Crippen MR) is 106 cm³/mol. The van der Waals surface area contributed by atoms with Gasteiger partial charge in [0.25, 0.3) is 0 Å². The van der Waals surface area contributed by atoms with Gasteiger partial charge in [-0.2, -0.15) is 0 Å². The second-order valence-electron chi connectivity index (χ2n) is 12.1. The Kier molecular flexibility index (Phi) is 4.16. The van der Waals surface area contributed by atoms with Gasteiger partial charge >= 0.3 is 0 Å². The Balaban J connectivity index is 1.41. The highest BCUT2D eigenvalue weighted by Gasteiger charge is 2.67. The molecule has 5 aliphatic rings. The highest BCUT2D eigenvalue weighted by molar-refractivity contribution is 5.12. The predicted octanol–water partition coefficient (Wildman–Crippen LogP) is 5.16. The zero-order valence-electron chi connectivity index (χ0n) is 17.9. The summed E-state index contributed by atoms with van der Waals surface area (Å²) in [5.74, 6) is 2.85. The van der Waals surface area contributed by atoms with E-state index in [1.807, 2.05) is 0 Å². The molecule has 5 rings (SSSR count). The number of hydrogen-bond donors (Lipinski definition) is 1. The molecule has 1 saturated heterocycles. The van der Waals surface area contributed by atoms with E-state index in [1.54, 1.807) is 0 Å². The minimum atomic E-state index is -0.321. The summed E-state index contributed by atoms with van der Waals surface area (Å²) in [7, 11) is 0. The van der Waals surface area contributed by atoms with Gasteiger partial charge in [0.05, 0.1) is 19.3 Å². The van der Waals surface area contributed by atoms with Gasteiger partial charge in [0.15, 0.2) is 5.79 Å². The SMILES string of the molecule is CC1(C)COC2(CC[C@H]3[C@@H]4CC[C@H]5C[C@H](O)CC[C@]5(C)[C@H]4CC[C@@]32C)OC1. The highest BCUT2D eigenvalue weighted by Crippen LogP contribution is 2.69. The van der Waals surface area contributed by atoms with Crippen molar-refractivity contribution in [2.45, 2.75) is 97.4 Å². The van der Waals surface area contributed by atoms with Gasteiger partial charge in [0.1, 0.15) is 0 Å². The van der Waals surface area contributed by atoms with E-state index in [9.17, 15) is 5.11 Å². The monoisotopic (exact) mass is 376 g/mol. The third kappa shape index (κ3) is 2.56. The number of ether oxygens (including phenoxy) is 2. The third-order valence-electron chi connectivity index (χ3n) is 10.1. The normalized spacial score (nSPS) is 53.4. The lowest BCUT2D eigenvalue weighted by Gasteiger charge is -2.62. The van der Waals surface area contributed by atoms with Crippen molar-refractivity contribution in [3.05, 3.63) is 0 Å². The van der Waals surface area contributed by atoms with E-state index in [1.165, 1.54) is 38.5 Å². The molecule has 4 saturated carbocycles. The zero-order valence-corrected chi connectivity index (χ0v) is 17.9. The molecule has 0 aromatic carbocycles. The summed E-state index contributed by atoms with van der Waals surface area (Å²) in [6, 6.07) is 0. The van der Waals surface area contributed by atoms with Gasteiger partial charge in [-0.1, -0.05) is 27.7 Å². The fraction of sp³-hybridized carbons (Fsp3) is 1.00. The minimum absolute atomic E-state index is 0.0457. The highest BCUT2D eigenvalue weighted by atomic mass is 16.7. The van der Waals surface area contributed by atoms with Crippen molar-refractivity contribution in [3.63, 3.8) is 0 Å². The van der Waals surface area contributed by atoms with Gasteiger partial charge in [-0.15, -0.1) is 0 Å². The number of rotatable bonds is 0. The van der Waals surface area contributed by atoms with Crippen LogP contribution in [0, 0.1) is 39.9 Å². The lowest BCUT2D eigenvalue weighted by Crippen LogP contribution is -2.60. The molecule has 1 N–H and O–H groups in total. The molecule has 0 aromatic rings. The first kappa shape index (κ1) is 18.9. The van der Waals surface area contributed by atoms with Gasteiger partial charge in [0, 0.05) is 17.3 Å². The van der Waals surface area contributed by atoms with Crippen molar-refractivity contribution >= 4 is 0 Å². The quantitative estimate of drug-likeness (QED) is 0.635. The van der Waals surface area contributed by atoms with Crippen LogP contribution in [-0.4, -0.2) is 30.2 Å². The van der Waals surface area contributed by atoms with E-state index in [0.717, 1.165) is 56.1 Å². The number of fused-ring (bicyclic) bond motifs is 6. The maximum absolute atomic E-state index is 10.2. The van der Waals surface area contributed by atoms with Crippen molar-refractivity contribution < 1.29 is 14.6 Å². The standard InChI is InChI=1S/C24H40O3/c1-21(2)14-26-24(27-15-21)12-9-20-18-6-5-16-13-17(25)7-10-22(16,3)19(18)8-11-23(20,24)4/h16-20,25H,5-15H2,1-4H3/t16-,17+,18+,19-,20-,22-,23-/m0/s1. The number of aliphatic hydroxyl groups excluding tert-OH is 1. The average molecular weight is 377 g/mol. The van der Waals surface area contributed by atoms with E-state index in [4.69, 9.17) is 9.47 Å². The van der Waals surface area contributed by atoms with E-state index in [0.29, 0.717) is 5.41 Å².